The number of benzene rings is 2. The molecule has 0 radical (unpaired) electrons. The van der Waals surface area contributed by atoms with Crippen molar-refractivity contribution in [2.45, 2.75) is 392 Å². The van der Waals surface area contributed by atoms with Crippen LogP contribution in [0.1, 0.15) is 338 Å². The van der Waals surface area contributed by atoms with Crippen LogP contribution in [0.25, 0.3) is 0 Å². The summed E-state index contributed by atoms with van der Waals surface area (Å²) in [4.78, 5) is 17.2. The Balaban J connectivity index is -0.000000359. The van der Waals surface area contributed by atoms with Crippen LogP contribution in [0.15, 0.2) is 60.7 Å². The molecule has 5 aliphatic carbocycles. The van der Waals surface area contributed by atoms with Gasteiger partial charge in [-0.25, -0.2) is 0 Å². The smallest absolute Gasteiger partial charge is 0.0363 e. The Morgan fingerprint density at radius 2 is 0.654 bits per heavy atom. The van der Waals surface area contributed by atoms with Crippen LogP contribution >= 0.6 is 0 Å². The number of para-hydroxylation sites is 2. The minimum atomic E-state index is 0.292. The zero-order valence-electron chi connectivity index (χ0n) is 79.0. The van der Waals surface area contributed by atoms with Gasteiger partial charge in [0.2, 0.25) is 0 Å². The van der Waals surface area contributed by atoms with Crippen molar-refractivity contribution in [3.63, 3.8) is 0 Å². The van der Waals surface area contributed by atoms with E-state index in [0.29, 0.717) is 29.1 Å². The van der Waals surface area contributed by atoms with E-state index < -0.39 is 0 Å². The topological polar surface area (TPSA) is 82.8 Å². The molecule has 107 heavy (non-hydrogen) atoms. The first kappa shape index (κ1) is 113. The maximum atomic E-state index is 3.16. The molecule has 5 saturated carbocycles. The average molecular weight is 1510 g/mol. The van der Waals surface area contributed by atoms with E-state index in [4.69, 9.17) is 0 Å². The lowest BCUT2D eigenvalue weighted by molar-refractivity contribution is 0.141. The molecule has 0 saturated heterocycles. The van der Waals surface area contributed by atoms with Gasteiger partial charge in [-0.15, -0.1) is 0 Å². The third-order valence-corrected chi connectivity index (χ3v) is 21.3. The first-order chi connectivity index (χ1) is 50.6. The molecule has 0 heterocycles. The van der Waals surface area contributed by atoms with Crippen molar-refractivity contribution >= 4 is 11.4 Å². The summed E-state index contributed by atoms with van der Waals surface area (Å²) in [6.07, 6.45) is 42.6. The standard InChI is InChI=1S/3C12H25N.C11H17N.C10H21N.C9H13N.C7H15N.C6H15N.C5H13N.2C4H11N.C3H9N/c1-12(2,3)10-13(4)11-8-6-5-7-9-11;1-11(2)10-13(3)12-8-6-4-5-7-9-12;1-3-4-11-13(2)12-9-7-5-6-8-10-12;1-3-4-10-12(2)11-8-6-5-7-9-11;1-3-9-11(2)10-7-5-4-6-8-10;1-3-10(2)9-7-5-4-6-8-9;1-3-6-8(2)7-4-5-7;1-5(2)6(3)7-4;1-5(2,3)6-4;2*1-4(2)5-3;1-3-4-2/h11H,5-10H2,1-4H3;11-12H,4-10H2,1-3H3;12H,3-11H2,1-2H3;5-9H,3-4,10H2,1-2H3;10H,3-9H2,1-2H3;4-8H,3H2,1-2H3;7H,3-6H2,1-2H3;5-7H,1-4H3;6H,1-4H3;2*4-5H,1-3H3;4H,3H2,1-2H3. The molecule has 0 aliphatic heterocycles. The second-order valence-electron chi connectivity index (χ2n) is 35.6. The molecule has 2 aromatic rings. The first-order valence-electron chi connectivity index (χ1n) is 45.0. The molecule has 7 rings (SSSR count). The second-order valence-corrected chi connectivity index (χ2v) is 35.6. The molecule has 5 N–H and O–H groups in total. The molecule has 5 aliphatic rings. The Kier molecular flexibility index (Phi) is 80.7. The summed E-state index contributed by atoms with van der Waals surface area (Å²) in [5, 5.41) is 15.3. The van der Waals surface area contributed by atoms with Gasteiger partial charge in [0.05, 0.1) is 0 Å². The van der Waals surface area contributed by atoms with Crippen molar-refractivity contribution in [1.29, 1.82) is 0 Å². The van der Waals surface area contributed by atoms with E-state index in [1.54, 1.807) is 0 Å². The van der Waals surface area contributed by atoms with Crippen molar-refractivity contribution in [1.82, 2.24) is 51.1 Å². The van der Waals surface area contributed by atoms with Gasteiger partial charge in [-0.2, -0.15) is 0 Å². The molecule has 5 fully saturated rings. The summed E-state index contributed by atoms with van der Waals surface area (Å²) in [6, 6.07) is 27.3. The number of unbranched alkanes of at least 4 members (excludes halogenated alkanes) is 2. The molecule has 640 valence electrons. The third-order valence-electron chi connectivity index (χ3n) is 21.3. The van der Waals surface area contributed by atoms with Crippen molar-refractivity contribution in [3.05, 3.63) is 60.7 Å². The Morgan fingerprint density at radius 3 is 0.897 bits per heavy atom. The summed E-state index contributed by atoms with van der Waals surface area (Å²) in [5.41, 5.74) is 3.34. The number of hydrogen-bond acceptors (Lipinski definition) is 12. The van der Waals surface area contributed by atoms with E-state index >= 15 is 0 Å². The zero-order valence-corrected chi connectivity index (χ0v) is 79.0. The lowest BCUT2D eigenvalue weighted by atomic mass is 9.91. The number of nitrogens with zero attached hydrogens (tertiary/aromatic N) is 7. The highest BCUT2D eigenvalue weighted by atomic mass is 15.2. The van der Waals surface area contributed by atoms with Gasteiger partial charge in [0.1, 0.15) is 0 Å². The summed E-state index contributed by atoms with van der Waals surface area (Å²) in [7, 11) is 25.4. The minimum absolute atomic E-state index is 0.292. The van der Waals surface area contributed by atoms with Gasteiger partial charge < -0.3 is 60.9 Å². The molecule has 12 nitrogen and oxygen atoms in total. The largest absolute Gasteiger partial charge is 0.375 e. The third kappa shape index (κ3) is 77.4. The van der Waals surface area contributed by atoms with Crippen LogP contribution in [0.3, 0.4) is 0 Å². The fourth-order valence-corrected chi connectivity index (χ4v) is 12.6. The van der Waals surface area contributed by atoms with Gasteiger partial charge in [-0.05, 0) is 263 Å². The van der Waals surface area contributed by atoms with Crippen LogP contribution in [-0.2, 0) is 0 Å². The van der Waals surface area contributed by atoms with E-state index in [1.807, 2.05) is 41.3 Å². The normalized spacial score (nSPS) is 16.1. The molecule has 0 aromatic heterocycles. The molecule has 12 heteroatoms. The second kappa shape index (κ2) is 76.3. The number of hydrogen-bond donors (Lipinski definition) is 5. The average Bonchev–Trinajstić information content (AvgIpc) is 1.86. The SMILES string of the molecule is CC(C)CN(C)C1CCCCCC1.CCCCN(C)C1CCCCCC1.CCCCN(C)c1ccccc1.CCCN(C)C1CC1.CCCN(C)C1CCCCC1.CCN(C)c1ccccc1.CCNC.CN(CC(C)(C)C)C1CCCCC1.CNC(C)(C)C.CNC(C)C.CNC(C)C.CNC(C)C(C)C. The molecule has 0 bridgehead atoms. The monoisotopic (exact) mass is 1510 g/mol. The number of rotatable bonds is 26. The first-order valence-corrected chi connectivity index (χ1v) is 45.0. The predicted molar refractivity (Wildman–Crippen MR) is 493 cm³/mol. The zero-order chi connectivity index (χ0) is 82.4. The molecular formula is C95H200N12. The van der Waals surface area contributed by atoms with Crippen LogP contribution in [0.5, 0.6) is 0 Å². The summed E-state index contributed by atoms with van der Waals surface area (Å²) >= 11 is 0. The predicted octanol–water partition coefficient (Wildman–Crippen LogP) is 23.0. The summed E-state index contributed by atoms with van der Waals surface area (Å²) in [5.74, 6) is 1.57. The van der Waals surface area contributed by atoms with Crippen LogP contribution < -0.4 is 36.4 Å². The van der Waals surface area contributed by atoms with Crippen molar-refractivity contribution in [3.8, 4) is 0 Å². The summed E-state index contributed by atoms with van der Waals surface area (Å²) < 4.78 is 0. The van der Waals surface area contributed by atoms with Crippen LogP contribution in [0.2, 0.25) is 0 Å². The number of nitrogens with one attached hydrogen (secondary N) is 5. The van der Waals surface area contributed by atoms with Crippen LogP contribution in [-0.4, -0.2) is 215 Å². The van der Waals surface area contributed by atoms with Gasteiger partial charge in [-0.1, -0.05) is 250 Å². The maximum Gasteiger partial charge on any atom is 0.0363 e. The summed E-state index contributed by atoms with van der Waals surface area (Å²) in [6.45, 7) is 55.9. The molecule has 0 amide bonds. The van der Waals surface area contributed by atoms with Crippen molar-refractivity contribution in [2.24, 2.45) is 17.3 Å². The minimum Gasteiger partial charge on any atom is -0.375 e. The van der Waals surface area contributed by atoms with E-state index in [1.165, 1.54) is 237 Å². The Hall–Kier alpha value is -2.36. The van der Waals surface area contributed by atoms with Gasteiger partial charge >= 0.3 is 0 Å². The van der Waals surface area contributed by atoms with E-state index in [2.05, 4.69) is 310 Å². The van der Waals surface area contributed by atoms with E-state index in [-0.39, 0.29) is 0 Å². The van der Waals surface area contributed by atoms with Gasteiger partial charge in [0.25, 0.3) is 0 Å². The highest BCUT2D eigenvalue weighted by Crippen LogP contribution is 2.27. The van der Waals surface area contributed by atoms with E-state index in [9.17, 15) is 0 Å². The highest BCUT2D eigenvalue weighted by molar-refractivity contribution is 5.45. The fraction of sp³-hybridized carbons (Fsp3) is 0.874. The van der Waals surface area contributed by atoms with Crippen LogP contribution in [0.4, 0.5) is 11.4 Å². The lowest BCUT2D eigenvalue weighted by Crippen LogP contribution is -2.38. The maximum absolute atomic E-state index is 3.16. The molecule has 0 spiro atoms. The molecule has 2 aromatic carbocycles. The molecule has 1 atom stereocenters. The fourth-order valence-electron chi connectivity index (χ4n) is 12.6. The Labute approximate surface area is 675 Å². The Bertz CT molecular complexity index is 1980. The van der Waals surface area contributed by atoms with Crippen molar-refractivity contribution < 1.29 is 0 Å². The quantitative estimate of drug-likeness (QED) is 0.0582. The van der Waals surface area contributed by atoms with Gasteiger partial charge in [0.15, 0.2) is 0 Å². The van der Waals surface area contributed by atoms with Gasteiger partial charge in [-0.3, -0.25) is 0 Å². The molecule has 1 unspecified atom stereocenters. The highest BCUT2D eigenvalue weighted by Gasteiger charge is 2.25. The number of anilines is 2. The lowest BCUT2D eigenvalue weighted by Gasteiger charge is -2.35. The van der Waals surface area contributed by atoms with Crippen molar-refractivity contribution in [2.75, 3.05) is 147 Å². The van der Waals surface area contributed by atoms with E-state index in [0.717, 1.165) is 61.7 Å². The van der Waals surface area contributed by atoms with Gasteiger partial charge in [0, 0.05) is 106 Å². The Morgan fingerprint density at radius 1 is 0.364 bits per heavy atom. The molecular weight excluding hydrogens is 1310 g/mol. The van der Waals surface area contributed by atoms with Crippen LogP contribution in [0, 0.1) is 17.3 Å².